The lowest BCUT2D eigenvalue weighted by Gasteiger charge is -1.99. The van der Waals surface area contributed by atoms with Gasteiger partial charge in [0.05, 0.1) is 0 Å². The molecule has 0 N–H and O–H groups in total. The van der Waals surface area contributed by atoms with Gasteiger partial charge in [0.2, 0.25) is 0 Å². The summed E-state index contributed by atoms with van der Waals surface area (Å²) in [5, 5.41) is 0. The SMILES string of the molecule is CCCC[SiH2]CCC[SiH2]CCCC. The second-order valence-corrected chi connectivity index (χ2v) is 8.42. The summed E-state index contributed by atoms with van der Waals surface area (Å²) in [6.07, 6.45) is 7.46. The molecule has 0 bridgehead atoms. The minimum Gasteiger partial charge on any atom is -0.0654 e. The van der Waals surface area contributed by atoms with Crippen molar-refractivity contribution in [1.29, 1.82) is 0 Å². The number of hydrogen-bond donors (Lipinski definition) is 0. The lowest BCUT2D eigenvalue weighted by atomic mass is 10.4. The highest BCUT2D eigenvalue weighted by molar-refractivity contribution is 6.37. The van der Waals surface area contributed by atoms with Crippen LogP contribution in [0.15, 0.2) is 0 Å². The van der Waals surface area contributed by atoms with E-state index in [-0.39, 0.29) is 0 Å². The number of rotatable bonds is 10. The molecule has 0 amide bonds. The predicted octanol–water partition coefficient (Wildman–Crippen LogP) is 2.99. The van der Waals surface area contributed by atoms with E-state index < -0.39 is 0 Å². The molecule has 0 aromatic carbocycles. The first kappa shape index (κ1) is 13.4. The Kier molecular flexibility index (Phi) is 12.8. The Balaban J connectivity index is 2.76. The number of unbranched alkanes of at least 4 members (excludes halogenated alkanes) is 2. The summed E-state index contributed by atoms with van der Waals surface area (Å²) in [7, 11) is 0.766. The minimum atomic E-state index is 0.383. The van der Waals surface area contributed by atoms with E-state index in [9.17, 15) is 0 Å². The summed E-state index contributed by atoms with van der Waals surface area (Å²) in [4.78, 5) is 0. The van der Waals surface area contributed by atoms with Crippen LogP contribution < -0.4 is 0 Å². The molecule has 0 aliphatic heterocycles. The van der Waals surface area contributed by atoms with Crippen LogP contribution in [0.3, 0.4) is 0 Å². The summed E-state index contributed by atoms with van der Waals surface area (Å²) >= 11 is 0. The first-order valence-corrected chi connectivity index (χ1v) is 10.4. The van der Waals surface area contributed by atoms with Gasteiger partial charge in [-0.2, -0.15) is 0 Å². The Bertz CT molecular complexity index is 74.2. The van der Waals surface area contributed by atoms with Crippen molar-refractivity contribution < 1.29 is 0 Å². The highest BCUT2D eigenvalue weighted by Gasteiger charge is 1.92. The van der Waals surface area contributed by atoms with Crippen molar-refractivity contribution in [2.45, 2.75) is 70.1 Å². The molecule has 0 aliphatic carbocycles. The topological polar surface area (TPSA) is 0 Å². The molecule has 0 spiro atoms. The third-order valence-electron chi connectivity index (χ3n) is 2.71. The maximum absolute atomic E-state index is 2.31. The summed E-state index contributed by atoms with van der Waals surface area (Å²) in [5.41, 5.74) is 0. The van der Waals surface area contributed by atoms with Crippen LogP contribution >= 0.6 is 0 Å². The Morgan fingerprint density at radius 3 is 1.38 bits per heavy atom. The van der Waals surface area contributed by atoms with Gasteiger partial charge >= 0.3 is 0 Å². The highest BCUT2D eigenvalue weighted by Crippen LogP contribution is 2.03. The second kappa shape index (κ2) is 12.4. The van der Waals surface area contributed by atoms with Crippen molar-refractivity contribution in [1.82, 2.24) is 0 Å². The summed E-state index contributed by atoms with van der Waals surface area (Å²) in [6.45, 7) is 4.62. The fourth-order valence-electron chi connectivity index (χ4n) is 1.74. The van der Waals surface area contributed by atoms with Crippen LogP contribution in [-0.2, 0) is 0 Å². The fourth-order valence-corrected chi connectivity index (χ4v) is 6.27. The van der Waals surface area contributed by atoms with E-state index in [2.05, 4.69) is 13.8 Å². The molecule has 0 radical (unpaired) electrons. The molecule has 0 aliphatic rings. The smallest absolute Gasteiger partial charge is 0.0197 e. The van der Waals surface area contributed by atoms with Gasteiger partial charge in [-0.15, -0.1) is 0 Å². The van der Waals surface area contributed by atoms with Crippen LogP contribution in [0.25, 0.3) is 0 Å². The molecule has 0 rings (SSSR count). The van der Waals surface area contributed by atoms with Gasteiger partial charge in [-0.05, 0) is 0 Å². The summed E-state index contributed by atoms with van der Waals surface area (Å²) in [6, 6.07) is 6.54. The molecule has 0 aromatic heterocycles. The van der Waals surface area contributed by atoms with Crippen molar-refractivity contribution in [3.8, 4) is 0 Å². The van der Waals surface area contributed by atoms with Crippen molar-refractivity contribution in [2.75, 3.05) is 0 Å². The Labute approximate surface area is 89.5 Å². The molecule has 80 valence electrons. The van der Waals surface area contributed by atoms with Crippen LogP contribution in [0.1, 0.15) is 46.0 Å². The van der Waals surface area contributed by atoms with Crippen LogP contribution in [0.5, 0.6) is 0 Å². The average Bonchev–Trinajstić information content (AvgIpc) is 2.16. The molecule has 2 heteroatoms. The standard InChI is InChI=1S/C11H28Si2/c1-3-5-8-12-10-7-11-13-9-6-4-2/h3-13H2,1-2H3. The van der Waals surface area contributed by atoms with Gasteiger partial charge in [0, 0.05) is 19.0 Å². The van der Waals surface area contributed by atoms with Gasteiger partial charge in [0.1, 0.15) is 0 Å². The van der Waals surface area contributed by atoms with Crippen molar-refractivity contribution in [2.24, 2.45) is 0 Å². The van der Waals surface area contributed by atoms with Crippen LogP contribution in [0.4, 0.5) is 0 Å². The van der Waals surface area contributed by atoms with Gasteiger partial charge in [-0.3, -0.25) is 0 Å². The molecular weight excluding hydrogens is 188 g/mol. The Morgan fingerprint density at radius 1 is 0.615 bits per heavy atom. The van der Waals surface area contributed by atoms with E-state index in [1.54, 1.807) is 30.6 Å². The fraction of sp³-hybridized carbons (Fsp3) is 1.00. The molecule has 0 saturated carbocycles. The molecule has 0 atom stereocenters. The maximum atomic E-state index is 2.31. The average molecular weight is 217 g/mol. The van der Waals surface area contributed by atoms with E-state index in [1.165, 1.54) is 25.7 Å². The van der Waals surface area contributed by atoms with Gasteiger partial charge in [0.15, 0.2) is 0 Å². The van der Waals surface area contributed by atoms with Crippen molar-refractivity contribution in [3.05, 3.63) is 0 Å². The van der Waals surface area contributed by atoms with E-state index in [4.69, 9.17) is 0 Å². The maximum Gasteiger partial charge on any atom is 0.0197 e. The van der Waals surface area contributed by atoms with E-state index >= 15 is 0 Å². The summed E-state index contributed by atoms with van der Waals surface area (Å²) in [5.74, 6) is 0. The highest BCUT2D eigenvalue weighted by atomic mass is 28.2. The van der Waals surface area contributed by atoms with Crippen molar-refractivity contribution in [3.63, 3.8) is 0 Å². The Hall–Kier alpha value is 0.434. The van der Waals surface area contributed by atoms with Crippen molar-refractivity contribution >= 4 is 19.0 Å². The second-order valence-electron chi connectivity index (χ2n) is 4.18. The molecule has 0 nitrogen and oxygen atoms in total. The predicted molar refractivity (Wildman–Crippen MR) is 70.7 cm³/mol. The minimum absolute atomic E-state index is 0.383. The van der Waals surface area contributed by atoms with E-state index in [1.807, 2.05) is 0 Å². The first-order chi connectivity index (χ1) is 6.41. The number of hydrogen-bond acceptors (Lipinski definition) is 0. The van der Waals surface area contributed by atoms with Gasteiger partial charge in [-0.1, -0.05) is 70.1 Å². The largest absolute Gasteiger partial charge is 0.0654 e. The molecule has 0 aromatic rings. The molecular formula is C11H28Si2. The molecule has 0 fully saturated rings. The van der Waals surface area contributed by atoms with Gasteiger partial charge in [0.25, 0.3) is 0 Å². The Morgan fingerprint density at radius 2 is 1.00 bits per heavy atom. The normalized spacial score (nSPS) is 12.5. The van der Waals surface area contributed by atoms with Gasteiger partial charge in [-0.25, -0.2) is 0 Å². The third kappa shape index (κ3) is 12.4. The lowest BCUT2D eigenvalue weighted by Crippen LogP contribution is -1.92. The third-order valence-corrected chi connectivity index (χ3v) is 6.71. The summed E-state index contributed by atoms with van der Waals surface area (Å²) < 4.78 is 0. The zero-order valence-electron chi connectivity index (χ0n) is 9.78. The van der Waals surface area contributed by atoms with E-state index in [0.29, 0.717) is 19.0 Å². The quantitative estimate of drug-likeness (QED) is 0.389. The zero-order valence-corrected chi connectivity index (χ0v) is 12.6. The molecule has 0 heterocycles. The van der Waals surface area contributed by atoms with E-state index in [0.717, 1.165) is 0 Å². The zero-order chi connectivity index (χ0) is 9.78. The molecule has 0 unspecified atom stereocenters. The van der Waals surface area contributed by atoms with Gasteiger partial charge < -0.3 is 0 Å². The lowest BCUT2D eigenvalue weighted by molar-refractivity contribution is 0.868. The van der Waals surface area contributed by atoms with Crippen LogP contribution in [0, 0.1) is 0 Å². The molecule has 13 heavy (non-hydrogen) atoms. The first-order valence-electron chi connectivity index (χ1n) is 6.41. The monoisotopic (exact) mass is 216 g/mol. The van der Waals surface area contributed by atoms with Crippen LogP contribution in [0.2, 0.25) is 24.2 Å². The van der Waals surface area contributed by atoms with Crippen LogP contribution in [-0.4, -0.2) is 19.0 Å². The molecule has 0 saturated heterocycles.